The molecule has 1 atom stereocenters. The number of aryl methyl sites for hydroxylation is 1. The van der Waals surface area contributed by atoms with Crippen molar-refractivity contribution in [1.82, 2.24) is 20.3 Å². The fourth-order valence-electron chi connectivity index (χ4n) is 2.95. The molecule has 0 fully saturated rings. The van der Waals surface area contributed by atoms with Gasteiger partial charge in [0.1, 0.15) is 5.69 Å². The highest BCUT2D eigenvalue weighted by molar-refractivity contribution is 6.34. The third-order valence-corrected chi connectivity index (χ3v) is 4.90. The van der Waals surface area contributed by atoms with E-state index in [2.05, 4.69) is 15.6 Å². The summed E-state index contributed by atoms with van der Waals surface area (Å²) in [6.07, 6.45) is -4.63. The van der Waals surface area contributed by atoms with Crippen LogP contribution in [0.4, 0.5) is 13.2 Å². The van der Waals surface area contributed by atoms with Gasteiger partial charge >= 0.3 is 6.18 Å². The SMILES string of the molecule is Cn1nnc(Cl)c1-c1cc(C(=O)NC(CN)Cc2ccccc2C(F)(F)F)oc1Cl. The highest BCUT2D eigenvalue weighted by Crippen LogP contribution is 2.35. The number of hydrogen-bond donors (Lipinski definition) is 2. The Kier molecular flexibility index (Phi) is 6.39. The van der Waals surface area contributed by atoms with Crippen LogP contribution in [0.1, 0.15) is 21.7 Å². The van der Waals surface area contributed by atoms with Gasteiger partial charge in [-0.1, -0.05) is 35.0 Å². The van der Waals surface area contributed by atoms with E-state index in [-0.39, 0.29) is 34.7 Å². The molecule has 0 saturated heterocycles. The number of nitrogens with zero attached hydrogens (tertiary/aromatic N) is 3. The number of nitrogens with one attached hydrogen (secondary N) is 1. The Hall–Kier alpha value is -2.56. The molecule has 12 heteroatoms. The van der Waals surface area contributed by atoms with Crippen molar-refractivity contribution in [2.24, 2.45) is 12.8 Å². The summed E-state index contributed by atoms with van der Waals surface area (Å²) in [5.74, 6) is -0.843. The molecule has 2 heterocycles. The average Bonchev–Trinajstić information content (AvgIpc) is 3.22. The van der Waals surface area contributed by atoms with Gasteiger partial charge in [0, 0.05) is 25.7 Å². The van der Waals surface area contributed by atoms with Crippen LogP contribution >= 0.6 is 23.2 Å². The summed E-state index contributed by atoms with van der Waals surface area (Å²) in [7, 11) is 1.58. The van der Waals surface area contributed by atoms with Gasteiger partial charge in [-0.2, -0.15) is 13.2 Å². The largest absolute Gasteiger partial charge is 0.439 e. The molecule has 30 heavy (non-hydrogen) atoms. The Morgan fingerprint density at radius 1 is 1.33 bits per heavy atom. The number of carbonyl (C=O) groups is 1. The summed E-state index contributed by atoms with van der Waals surface area (Å²) < 4.78 is 46.3. The van der Waals surface area contributed by atoms with E-state index in [1.54, 1.807) is 7.05 Å². The number of aromatic nitrogens is 3. The molecular weight excluding hydrogens is 446 g/mol. The van der Waals surface area contributed by atoms with Crippen molar-refractivity contribution >= 4 is 29.1 Å². The summed E-state index contributed by atoms with van der Waals surface area (Å²) in [4.78, 5) is 12.6. The molecule has 2 aromatic heterocycles. The van der Waals surface area contributed by atoms with E-state index in [1.165, 1.54) is 28.9 Å². The number of amides is 1. The van der Waals surface area contributed by atoms with Crippen molar-refractivity contribution in [2.75, 3.05) is 6.54 Å². The van der Waals surface area contributed by atoms with E-state index >= 15 is 0 Å². The van der Waals surface area contributed by atoms with Crippen molar-refractivity contribution in [3.8, 4) is 11.3 Å². The first-order valence-corrected chi connectivity index (χ1v) is 9.38. The summed E-state index contributed by atoms with van der Waals surface area (Å²) in [5.41, 5.74) is 5.55. The first kappa shape index (κ1) is 22.1. The van der Waals surface area contributed by atoms with Gasteiger partial charge in [-0.15, -0.1) is 5.10 Å². The maximum Gasteiger partial charge on any atom is 0.416 e. The molecule has 0 aliphatic rings. The monoisotopic (exact) mass is 461 g/mol. The van der Waals surface area contributed by atoms with Crippen LogP contribution in [0.15, 0.2) is 34.7 Å². The Labute approximate surface area is 178 Å². The molecule has 0 spiro atoms. The summed E-state index contributed by atoms with van der Waals surface area (Å²) in [5, 5.41) is 9.97. The van der Waals surface area contributed by atoms with Crippen molar-refractivity contribution in [3.63, 3.8) is 0 Å². The number of furan rings is 1. The van der Waals surface area contributed by atoms with Gasteiger partial charge in [0.05, 0.1) is 11.1 Å². The Balaban J connectivity index is 1.80. The van der Waals surface area contributed by atoms with E-state index in [1.807, 2.05) is 0 Å². The third kappa shape index (κ3) is 4.61. The van der Waals surface area contributed by atoms with Crippen LogP contribution in [-0.4, -0.2) is 33.5 Å². The fourth-order valence-corrected chi connectivity index (χ4v) is 3.43. The molecule has 0 saturated carbocycles. The van der Waals surface area contributed by atoms with Gasteiger partial charge in [-0.3, -0.25) is 4.79 Å². The van der Waals surface area contributed by atoms with Crippen molar-refractivity contribution in [3.05, 3.63) is 57.6 Å². The van der Waals surface area contributed by atoms with Gasteiger partial charge in [0.2, 0.25) is 5.22 Å². The van der Waals surface area contributed by atoms with Crippen LogP contribution in [0, 0.1) is 0 Å². The second-order valence-electron chi connectivity index (χ2n) is 6.42. The molecule has 0 bridgehead atoms. The normalized spacial score (nSPS) is 12.8. The molecule has 1 unspecified atom stereocenters. The summed E-state index contributed by atoms with van der Waals surface area (Å²) >= 11 is 12.1. The highest BCUT2D eigenvalue weighted by Gasteiger charge is 2.33. The van der Waals surface area contributed by atoms with E-state index in [9.17, 15) is 18.0 Å². The Morgan fingerprint density at radius 2 is 2.03 bits per heavy atom. The predicted octanol–water partition coefficient (Wildman–Crippen LogP) is 3.70. The molecule has 0 aliphatic heterocycles. The van der Waals surface area contributed by atoms with Crippen LogP contribution in [0.2, 0.25) is 10.4 Å². The molecular formula is C18H16Cl2F3N5O2. The van der Waals surface area contributed by atoms with E-state index in [0.717, 1.165) is 6.07 Å². The molecule has 160 valence electrons. The first-order valence-electron chi connectivity index (χ1n) is 8.62. The fraction of sp³-hybridized carbons (Fsp3) is 0.278. The zero-order valence-electron chi connectivity index (χ0n) is 15.5. The second kappa shape index (κ2) is 8.66. The quantitative estimate of drug-likeness (QED) is 0.582. The number of halogens is 5. The molecule has 3 aromatic rings. The van der Waals surface area contributed by atoms with Gasteiger partial charge in [-0.25, -0.2) is 4.68 Å². The number of rotatable bonds is 6. The lowest BCUT2D eigenvalue weighted by atomic mass is 9.99. The molecule has 1 amide bonds. The van der Waals surface area contributed by atoms with Gasteiger partial charge in [0.15, 0.2) is 10.9 Å². The second-order valence-corrected chi connectivity index (χ2v) is 7.12. The molecule has 3 N–H and O–H groups in total. The minimum Gasteiger partial charge on any atom is -0.439 e. The number of hydrogen-bond acceptors (Lipinski definition) is 5. The standard InChI is InChI=1S/C18H16Cl2F3N5O2/c1-28-14(15(19)26-27-28)11-7-13(30-16(11)20)17(29)25-10(8-24)6-9-4-2-3-5-12(9)18(21,22)23/h2-5,7,10H,6,8,24H2,1H3,(H,25,29). The lowest BCUT2D eigenvalue weighted by Gasteiger charge is -2.19. The van der Waals surface area contributed by atoms with Gasteiger partial charge < -0.3 is 15.5 Å². The lowest BCUT2D eigenvalue weighted by Crippen LogP contribution is -2.42. The molecule has 7 nitrogen and oxygen atoms in total. The summed E-state index contributed by atoms with van der Waals surface area (Å²) in [6.45, 7) is -0.0866. The third-order valence-electron chi connectivity index (χ3n) is 4.36. The van der Waals surface area contributed by atoms with E-state index in [0.29, 0.717) is 11.3 Å². The Morgan fingerprint density at radius 3 is 2.63 bits per heavy atom. The molecule has 0 aliphatic carbocycles. The number of benzene rings is 1. The average molecular weight is 462 g/mol. The van der Waals surface area contributed by atoms with Crippen LogP contribution in [0.25, 0.3) is 11.3 Å². The van der Waals surface area contributed by atoms with Gasteiger partial charge in [-0.05, 0) is 29.7 Å². The van der Waals surface area contributed by atoms with Crippen LogP contribution in [-0.2, 0) is 19.6 Å². The van der Waals surface area contributed by atoms with Crippen LogP contribution < -0.4 is 11.1 Å². The highest BCUT2D eigenvalue weighted by atomic mass is 35.5. The Bertz CT molecular complexity index is 1050. The number of nitrogens with two attached hydrogens (primary N) is 1. The molecule has 3 rings (SSSR count). The molecule has 0 radical (unpaired) electrons. The zero-order valence-corrected chi connectivity index (χ0v) is 17.0. The maximum absolute atomic E-state index is 13.2. The topological polar surface area (TPSA) is 99.0 Å². The number of alkyl halides is 3. The minimum absolute atomic E-state index is 0.0201. The van der Waals surface area contributed by atoms with Crippen LogP contribution in [0.3, 0.4) is 0 Å². The van der Waals surface area contributed by atoms with Gasteiger partial charge in [0.25, 0.3) is 5.91 Å². The smallest absolute Gasteiger partial charge is 0.416 e. The van der Waals surface area contributed by atoms with E-state index in [4.69, 9.17) is 33.4 Å². The maximum atomic E-state index is 13.2. The number of carbonyl (C=O) groups excluding carboxylic acids is 1. The van der Waals surface area contributed by atoms with Crippen molar-refractivity contribution < 1.29 is 22.4 Å². The van der Waals surface area contributed by atoms with E-state index < -0.39 is 23.7 Å². The van der Waals surface area contributed by atoms with Crippen LogP contribution in [0.5, 0.6) is 0 Å². The summed E-state index contributed by atoms with van der Waals surface area (Å²) in [6, 6.07) is 5.69. The van der Waals surface area contributed by atoms with Crippen molar-refractivity contribution in [2.45, 2.75) is 18.6 Å². The first-order chi connectivity index (χ1) is 14.1. The predicted molar refractivity (Wildman–Crippen MR) is 104 cm³/mol. The zero-order chi connectivity index (χ0) is 22.1. The molecule has 1 aromatic carbocycles. The minimum atomic E-state index is -4.51. The lowest BCUT2D eigenvalue weighted by molar-refractivity contribution is -0.138. The van der Waals surface area contributed by atoms with Crippen molar-refractivity contribution in [1.29, 1.82) is 0 Å².